The van der Waals surface area contributed by atoms with Gasteiger partial charge in [-0.25, -0.2) is 0 Å². The van der Waals surface area contributed by atoms with Crippen LogP contribution in [-0.2, 0) is 9.59 Å². The van der Waals surface area contributed by atoms with Gasteiger partial charge in [0.2, 0.25) is 0 Å². The number of aliphatic hydroxyl groups excluding tert-OH is 1. The van der Waals surface area contributed by atoms with Gasteiger partial charge in [-0.05, 0) is 42.3 Å². The molecule has 2 aromatic carbocycles. The molecular weight excluding hydrogens is 385 g/mol. The molecule has 1 heterocycles. The molecule has 140 valence electrons. The average Bonchev–Trinajstić information content (AvgIpc) is 2.89. The quantitative estimate of drug-likeness (QED) is 0.740. The topological polar surface area (TPSA) is 57.6 Å². The Hall–Kier alpha value is -2.30. The minimum atomic E-state index is -0.747. The number of benzene rings is 2. The fraction of sp³-hybridized carbons (Fsp3) is 0.238. The number of hydrogen-bond acceptors (Lipinski definition) is 3. The number of hydrogen-bond donors (Lipinski definition) is 1. The lowest BCUT2D eigenvalue weighted by Crippen LogP contribution is -2.31. The third-order valence-corrected chi connectivity index (χ3v) is 5.28. The number of ketones is 1. The Kier molecular flexibility index (Phi) is 5.31. The van der Waals surface area contributed by atoms with Crippen molar-refractivity contribution in [2.24, 2.45) is 5.92 Å². The van der Waals surface area contributed by atoms with Gasteiger partial charge in [-0.15, -0.1) is 0 Å². The van der Waals surface area contributed by atoms with Gasteiger partial charge in [-0.2, -0.15) is 0 Å². The first-order valence-corrected chi connectivity index (χ1v) is 9.30. The third kappa shape index (κ3) is 3.47. The number of halogens is 2. The van der Waals surface area contributed by atoms with E-state index in [4.69, 9.17) is 23.2 Å². The van der Waals surface area contributed by atoms with Gasteiger partial charge in [0, 0.05) is 21.7 Å². The Labute approximate surface area is 168 Å². The Morgan fingerprint density at radius 2 is 1.74 bits per heavy atom. The molecule has 1 amide bonds. The molecular formula is C21H19Cl2NO3. The molecule has 0 aromatic heterocycles. The number of aryl methyl sites for hydroxylation is 1. The molecule has 1 aliphatic heterocycles. The average molecular weight is 404 g/mol. The van der Waals surface area contributed by atoms with Gasteiger partial charge in [0.1, 0.15) is 0 Å². The zero-order valence-corrected chi connectivity index (χ0v) is 16.7. The third-order valence-electron chi connectivity index (χ3n) is 4.62. The fourth-order valence-electron chi connectivity index (χ4n) is 3.13. The first-order valence-electron chi connectivity index (χ1n) is 8.55. The summed E-state index contributed by atoms with van der Waals surface area (Å²) in [6.07, 6.45) is 0. The summed E-state index contributed by atoms with van der Waals surface area (Å²) in [7, 11) is 0. The molecule has 2 aromatic rings. The molecule has 0 radical (unpaired) electrons. The van der Waals surface area contributed by atoms with Gasteiger partial charge >= 0.3 is 0 Å². The molecule has 0 saturated heterocycles. The highest BCUT2D eigenvalue weighted by Gasteiger charge is 2.44. The molecule has 4 nitrogen and oxygen atoms in total. The number of amides is 1. The molecule has 1 N–H and O–H groups in total. The molecule has 1 atom stereocenters. The summed E-state index contributed by atoms with van der Waals surface area (Å²) in [6, 6.07) is 11.3. The summed E-state index contributed by atoms with van der Waals surface area (Å²) in [5, 5.41) is 11.6. The van der Waals surface area contributed by atoms with Gasteiger partial charge < -0.3 is 5.11 Å². The maximum atomic E-state index is 12.9. The van der Waals surface area contributed by atoms with Gasteiger partial charge in [0.15, 0.2) is 11.5 Å². The highest BCUT2D eigenvalue weighted by atomic mass is 35.5. The van der Waals surface area contributed by atoms with E-state index in [-0.39, 0.29) is 17.3 Å². The smallest absolute Gasteiger partial charge is 0.294 e. The van der Waals surface area contributed by atoms with Crippen LogP contribution in [0.4, 0.5) is 5.69 Å². The van der Waals surface area contributed by atoms with Gasteiger partial charge in [0.25, 0.3) is 5.91 Å². The van der Waals surface area contributed by atoms with E-state index in [1.54, 1.807) is 56.3 Å². The SMILES string of the molecule is Cc1ccc(N2C(=O)C(O)=C(C(=O)C(C)C)C2c2ccc(Cl)cc2)cc1Cl. The van der Waals surface area contributed by atoms with Crippen molar-refractivity contribution in [2.45, 2.75) is 26.8 Å². The Morgan fingerprint density at radius 1 is 1.11 bits per heavy atom. The van der Waals surface area contributed by atoms with Crippen LogP contribution in [0.25, 0.3) is 0 Å². The number of carbonyl (C=O) groups is 2. The first kappa shape index (κ1) is 19.5. The number of nitrogens with zero attached hydrogens (tertiary/aromatic N) is 1. The van der Waals surface area contributed by atoms with Crippen LogP contribution in [0, 0.1) is 12.8 Å². The van der Waals surface area contributed by atoms with Crippen LogP contribution in [0.5, 0.6) is 0 Å². The van der Waals surface area contributed by atoms with Crippen molar-refractivity contribution >= 4 is 40.6 Å². The van der Waals surface area contributed by atoms with Crippen LogP contribution in [0.2, 0.25) is 10.0 Å². The second kappa shape index (κ2) is 7.37. The highest BCUT2D eigenvalue weighted by Crippen LogP contribution is 2.42. The van der Waals surface area contributed by atoms with E-state index in [0.717, 1.165) is 5.56 Å². The maximum absolute atomic E-state index is 12.9. The molecule has 6 heteroatoms. The predicted molar refractivity (Wildman–Crippen MR) is 107 cm³/mol. The number of aliphatic hydroxyl groups is 1. The van der Waals surface area contributed by atoms with Crippen LogP contribution in [-0.4, -0.2) is 16.8 Å². The Morgan fingerprint density at radius 3 is 2.30 bits per heavy atom. The van der Waals surface area contributed by atoms with Crippen molar-refractivity contribution in [1.82, 2.24) is 0 Å². The number of Topliss-reactive ketones (excluding diaryl/α,β-unsaturated/α-hetero) is 1. The largest absolute Gasteiger partial charge is 0.503 e. The summed E-state index contributed by atoms with van der Waals surface area (Å²) in [5.74, 6) is -1.79. The molecule has 27 heavy (non-hydrogen) atoms. The molecule has 0 fully saturated rings. The monoisotopic (exact) mass is 403 g/mol. The van der Waals surface area contributed by atoms with Gasteiger partial charge in [-0.3, -0.25) is 14.5 Å². The van der Waals surface area contributed by atoms with Crippen LogP contribution >= 0.6 is 23.2 Å². The standard InChI is InChI=1S/C21H19Cl2NO3/c1-11(2)19(25)17-18(13-5-7-14(22)8-6-13)24(21(27)20(17)26)15-9-4-12(3)16(23)10-15/h4-11,18,26H,1-3H3. The van der Waals surface area contributed by atoms with Crippen molar-refractivity contribution < 1.29 is 14.7 Å². The van der Waals surface area contributed by atoms with Crippen molar-refractivity contribution in [2.75, 3.05) is 4.90 Å². The van der Waals surface area contributed by atoms with E-state index in [2.05, 4.69) is 0 Å². The van der Waals surface area contributed by atoms with Crippen LogP contribution < -0.4 is 4.90 Å². The minimum absolute atomic E-state index is 0.0917. The molecule has 0 saturated carbocycles. The summed E-state index contributed by atoms with van der Waals surface area (Å²) >= 11 is 12.2. The van der Waals surface area contributed by atoms with Crippen LogP contribution in [0.1, 0.15) is 31.0 Å². The van der Waals surface area contributed by atoms with Gasteiger partial charge in [0.05, 0.1) is 11.6 Å². The van der Waals surface area contributed by atoms with Crippen molar-refractivity contribution in [3.05, 3.63) is 75.0 Å². The molecule has 3 rings (SSSR count). The molecule has 0 spiro atoms. The van der Waals surface area contributed by atoms with Crippen molar-refractivity contribution in [3.63, 3.8) is 0 Å². The number of anilines is 1. The summed E-state index contributed by atoms with van der Waals surface area (Å²) < 4.78 is 0. The lowest BCUT2D eigenvalue weighted by atomic mass is 9.91. The second-order valence-electron chi connectivity index (χ2n) is 6.84. The van der Waals surface area contributed by atoms with Crippen molar-refractivity contribution in [3.8, 4) is 0 Å². The molecule has 1 aliphatic rings. The number of rotatable bonds is 4. The fourth-order valence-corrected chi connectivity index (χ4v) is 3.43. The Bertz CT molecular complexity index is 948. The summed E-state index contributed by atoms with van der Waals surface area (Å²) in [5.41, 5.74) is 2.14. The summed E-state index contributed by atoms with van der Waals surface area (Å²) in [6.45, 7) is 5.33. The van der Waals surface area contributed by atoms with E-state index < -0.39 is 17.7 Å². The second-order valence-corrected chi connectivity index (χ2v) is 7.69. The predicted octanol–water partition coefficient (Wildman–Crippen LogP) is 5.43. The number of carbonyl (C=O) groups excluding carboxylic acids is 2. The maximum Gasteiger partial charge on any atom is 0.294 e. The lowest BCUT2D eigenvalue weighted by Gasteiger charge is -2.27. The lowest BCUT2D eigenvalue weighted by molar-refractivity contribution is -0.119. The first-order chi connectivity index (χ1) is 12.7. The molecule has 0 bridgehead atoms. The molecule has 1 unspecified atom stereocenters. The zero-order valence-electron chi connectivity index (χ0n) is 15.2. The summed E-state index contributed by atoms with van der Waals surface area (Å²) in [4.78, 5) is 27.1. The van der Waals surface area contributed by atoms with Crippen LogP contribution in [0.3, 0.4) is 0 Å². The van der Waals surface area contributed by atoms with E-state index in [1.807, 2.05) is 6.92 Å². The van der Waals surface area contributed by atoms with E-state index in [1.165, 1.54) is 4.90 Å². The van der Waals surface area contributed by atoms with E-state index in [9.17, 15) is 14.7 Å². The minimum Gasteiger partial charge on any atom is -0.503 e. The van der Waals surface area contributed by atoms with Gasteiger partial charge in [-0.1, -0.05) is 55.2 Å². The Balaban J connectivity index is 2.20. The van der Waals surface area contributed by atoms with E-state index in [0.29, 0.717) is 21.3 Å². The molecule has 0 aliphatic carbocycles. The zero-order chi connectivity index (χ0) is 19.9. The normalized spacial score (nSPS) is 17.2. The highest BCUT2D eigenvalue weighted by molar-refractivity contribution is 6.32. The van der Waals surface area contributed by atoms with Crippen molar-refractivity contribution in [1.29, 1.82) is 0 Å². The van der Waals surface area contributed by atoms with Crippen LogP contribution in [0.15, 0.2) is 53.8 Å². The van der Waals surface area contributed by atoms with E-state index >= 15 is 0 Å².